The normalized spacial score (nSPS) is 14.2. The molecule has 6 nitrogen and oxygen atoms in total. The van der Waals surface area contributed by atoms with Crippen LogP contribution in [-0.4, -0.2) is 28.4 Å². The molecule has 25 heavy (non-hydrogen) atoms. The lowest BCUT2D eigenvalue weighted by atomic mass is 10.1. The summed E-state index contributed by atoms with van der Waals surface area (Å²) in [7, 11) is 0. The average Bonchev–Trinajstić information content (AvgIpc) is 2.63. The van der Waals surface area contributed by atoms with Crippen LogP contribution in [-0.2, 0) is 17.9 Å². The van der Waals surface area contributed by atoms with E-state index in [1.807, 2.05) is 47.4 Å². The van der Waals surface area contributed by atoms with Gasteiger partial charge in [-0.2, -0.15) is 0 Å². The van der Waals surface area contributed by atoms with Crippen molar-refractivity contribution in [2.75, 3.05) is 11.9 Å². The fraction of sp³-hybridized carbons (Fsp3) is 0.316. The number of hydrogen-bond donors (Lipinski definition) is 2. The predicted molar refractivity (Wildman–Crippen MR) is 95.8 cm³/mol. The number of likely N-dealkylation sites (tertiary alicyclic amines) is 1. The SMILES string of the molecule is O=C(NCc1ccccn1)Nc1cccc(CN2CCCCC2=O)c1. The van der Waals surface area contributed by atoms with Gasteiger partial charge >= 0.3 is 6.03 Å². The number of urea groups is 1. The Bertz CT molecular complexity index is 733. The van der Waals surface area contributed by atoms with Crippen molar-refractivity contribution < 1.29 is 9.59 Å². The van der Waals surface area contributed by atoms with E-state index in [0.29, 0.717) is 25.2 Å². The zero-order chi connectivity index (χ0) is 17.5. The van der Waals surface area contributed by atoms with Crippen molar-refractivity contribution in [3.63, 3.8) is 0 Å². The molecular weight excluding hydrogens is 316 g/mol. The van der Waals surface area contributed by atoms with Crippen molar-refractivity contribution in [1.29, 1.82) is 0 Å². The highest BCUT2D eigenvalue weighted by Gasteiger charge is 2.18. The molecule has 2 aromatic rings. The number of anilines is 1. The van der Waals surface area contributed by atoms with E-state index in [4.69, 9.17) is 0 Å². The van der Waals surface area contributed by atoms with E-state index in [2.05, 4.69) is 15.6 Å². The van der Waals surface area contributed by atoms with Crippen LogP contribution in [0.3, 0.4) is 0 Å². The molecule has 1 aromatic carbocycles. The Morgan fingerprint density at radius 3 is 2.88 bits per heavy atom. The number of benzene rings is 1. The Balaban J connectivity index is 1.54. The molecule has 3 amide bonds. The summed E-state index contributed by atoms with van der Waals surface area (Å²) in [5.41, 5.74) is 2.52. The number of aromatic nitrogens is 1. The highest BCUT2D eigenvalue weighted by molar-refractivity contribution is 5.89. The van der Waals surface area contributed by atoms with Crippen LogP contribution in [0.15, 0.2) is 48.7 Å². The summed E-state index contributed by atoms with van der Waals surface area (Å²) in [6.45, 7) is 1.76. The molecule has 1 fully saturated rings. The maximum atomic E-state index is 12.0. The molecule has 0 saturated carbocycles. The second-order valence-electron chi connectivity index (χ2n) is 6.10. The smallest absolute Gasteiger partial charge is 0.319 e. The zero-order valence-corrected chi connectivity index (χ0v) is 14.1. The molecule has 6 heteroatoms. The van der Waals surface area contributed by atoms with Gasteiger partial charge in [0, 0.05) is 31.4 Å². The molecule has 1 aliphatic rings. The number of carbonyl (C=O) groups excluding carboxylic acids is 2. The third kappa shape index (κ3) is 5.04. The summed E-state index contributed by atoms with van der Waals surface area (Å²) in [6.07, 6.45) is 4.36. The molecule has 0 spiro atoms. The van der Waals surface area contributed by atoms with E-state index >= 15 is 0 Å². The Hall–Kier alpha value is -2.89. The summed E-state index contributed by atoms with van der Waals surface area (Å²) in [6, 6.07) is 12.9. The Kier molecular flexibility index (Phi) is 5.61. The quantitative estimate of drug-likeness (QED) is 0.880. The number of piperidine rings is 1. The second kappa shape index (κ2) is 8.28. The Labute approximate surface area is 147 Å². The van der Waals surface area contributed by atoms with E-state index in [-0.39, 0.29) is 11.9 Å². The van der Waals surface area contributed by atoms with Gasteiger partial charge in [-0.15, -0.1) is 0 Å². The topological polar surface area (TPSA) is 74.3 Å². The summed E-state index contributed by atoms with van der Waals surface area (Å²) in [5.74, 6) is 0.206. The van der Waals surface area contributed by atoms with Crippen molar-refractivity contribution in [2.45, 2.75) is 32.4 Å². The summed E-state index contributed by atoms with van der Waals surface area (Å²) >= 11 is 0. The fourth-order valence-corrected chi connectivity index (χ4v) is 2.85. The van der Waals surface area contributed by atoms with Gasteiger partial charge in [0.05, 0.1) is 12.2 Å². The van der Waals surface area contributed by atoms with Crippen LogP contribution in [0.1, 0.15) is 30.5 Å². The maximum absolute atomic E-state index is 12.0. The molecule has 1 saturated heterocycles. The van der Waals surface area contributed by atoms with Gasteiger partial charge < -0.3 is 15.5 Å². The molecule has 0 bridgehead atoms. The van der Waals surface area contributed by atoms with Crippen LogP contribution in [0.2, 0.25) is 0 Å². The molecule has 1 aromatic heterocycles. The van der Waals surface area contributed by atoms with Gasteiger partial charge in [-0.25, -0.2) is 4.79 Å². The standard InChI is InChI=1S/C19H22N4O2/c24-18-9-2-4-11-23(18)14-15-6-5-8-16(12-15)22-19(25)21-13-17-7-1-3-10-20-17/h1,3,5-8,10,12H,2,4,9,11,13-14H2,(H2,21,22,25). The predicted octanol–water partition coefficient (Wildman–Crippen LogP) is 2.92. The number of carbonyl (C=O) groups is 2. The molecule has 2 heterocycles. The molecule has 0 atom stereocenters. The summed E-state index contributed by atoms with van der Waals surface area (Å²) < 4.78 is 0. The van der Waals surface area contributed by atoms with E-state index < -0.39 is 0 Å². The van der Waals surface area contributed by atoms with Crippen molar-refractivity contribution >= 4 is 17.6 Å². The van der Waals surface area contributed by atoms with Gasteiger partial charge in [0.25, 0.3) is 0 Å². The minimum atomic E-state index is -0.281. The van der Waals surface area contributed by atoms with Crippen LogP contribution in [0, 0.1) is 0 Å². The first-order valence-corrected chi connectivity index (χ1v) is 8.52. The molecular formula is C19H22N4O2. The van der Waals surface area contributed by atoms with E-state index in [9.17, 15) is 9.59 Å². The average molecular weight is 338 g/mol. The molecule has 1 aliphatic heterocycles. The van der Waals surface area contributed by atoms with E-state index in [1.54, 1.807) is 6.20 Å². The van der Waals surface area contributed by atoms with Gasteiger partial charge in [-0.05, 0) is 42.7 Å². The number of nitrogens with one attached hydrogen (secondary N) is 2. The number of nitrogens with zero attached hydrogens (tertiary/aromatic N) is 2. The second-order valence-corrected chi connectivity index (χ2v) is 6.10. The van der Waals surface area contributed by atoms with Crippen LogP contribution < -0.4 is 10.6 Å². The van der Waals surface area contributed by atoms with E-state index in [1.165, 1.54) is 0 Å². The molecule has 0 unspecified atom stereocenters. The summed E-state index contributed by atoms with van der Waals surface area (Å²) in [5, 5.41) is 5.60. The van der Waals surface area contributed by atoms with Gasteiger partial charge in [-0.1, -0.05) is 18.2 Å². The zero-order valence-electron chi connectivity index (χ0n) is 14.1. The third-order valence-corrected chi connectivity index (χ3v) is 4.14. The van der Waals surface area contributed by atoms with Crippen LogP contribution in [0.5, 0.6) is 0 Å². The van der Waals surface area contributed by atoms with Gasteiger partial charge in [0.1, 0.15) is 0 Å². The van der Waals surface area contributed by atoms with Gasteiger partial charge in [0.15, 0.2) is 0 Å². The Morgan fingerprint density at radius 2 is 2.08 bits per heavy atom. The first-order chi connectivity index (χ1) is 12.2. The highest BCUT2D eigenvalue weighted by Crippen LogP contribution is 2.17. The molecule has 0 radical (unpaired) electrons. The van der Waals surface area contributed by atoms with Crippen molar-refractivity contribution in [3.8, 4) is 0 Å². The lowest BCUT2D eigenvalue weighted by molar-refractivity contribution is -0.133. The minimum absolute atomic E-state index is 0.206. The summed E-state index contributed by atoms with van der Waals surface area (Å²) in [4.78, 5) is 30.0. The Morgan fingerprint density at radius 1 is 1.16 bits per heavy atom. The number of amides is 3. The number of rotatable bonds is 5. The molecule has 2 N–H and O–H groups in total. The molecule has 130 valence electrons. The maximum Gasteiger partial charge on any atom is 0.319 e. The first-order valence-electron chi connectivity index (χ1n) is 8.52. The number of hydrogen-bond acceptors (Lipinski definition) is 3. The molecule has 3 rings (SSSR count). The lowest BCUT2D eigenvalue weighted by Gasteiger charge is -2.26. The van der Waals surface area contributed by atoms with Crippen molar-refractivity contribution in [2.24, 2.45) is 0 Å². The third-order valence-electron chi connectivity index (χ3n) is 4.14. The molecule has 0 aliphatic carbocycles. The van der Waals surface area contributed by atoms with Crippen LogP contribution in [0.25, 0.3) is 0 Å². The monoisotopic (exact) mass is 338 g/mol. The number of pyridine rings is 1. The van der Waals surface area contributed by atoms with Crippen LogP contribution in [0.4, 0.5) is 10.5 Å². The van der Waals surface area contributed by atoms with E-state index in [0.717, 1.165) is 30.6 Å². The lowest BCUT2D eigenvalue weighted by Crippen LogP contribution is -2.34. The minimum Gasteiger partial charge on any atom is -0.338 e. The highest BCUT2D eigenvalue weighted by atomic mass is 16.2. The largest absolute Gasteiger partial charge is 0.338 e. The first kappa shape index (κ1) is 17.0. The van der Waals surface area contributed by atoms with Crippen molar-refractivity contribution in [3.05, 3.63) is 59.9 Å². The fourth-order valence-electron chi connectivity index (χ4n) is 2.85. The van der Waals surface area contributed by atoms with Gasteiger partial charge in [0.2, 0.25) is 5.91 Å². The van der Waals surface area contributed by atoms with Crippen LogP contribution >= 0.6 is 0 Å². The van der Waals surface area contributed by atoms with Crippen molar-refractivity contribution in [1.82, 2.24) is 15.2 Å². The van der Waals surface area contributed by atoms with Gasteiger partial charge in [-0.3, -0.25) is 9.78 Å².